The number of urea groups is 1. The maximum Gasteiger partial charge on any atom is 0.333 e. The van der Waals surface area contributed by atoms with Gasteiger partial charge in [0, 0.05) is 12.3 Å². The summed E-state index contributed by atoms with van der Waals surface area (Å²) in [5.41, 5.74) is -1.56. The lowest BCUT2D eigenvalue weighted by Gasteiger charge is -2.20. The zero-order chi connectivity index (χ0) is 38.3. The first-order chi connectivity index (χ1) is 23.6. The van der Waals surface area contributed by atoms with E-state index < -0.39 is 108 Å². The van der Waals surface area contributed by atoms with E-state index in [4.69, 9.17) is 24.1 Å². The van der Waals surface area contributed by atoms with Crippen molar-refractivity contribution in [2.24, 2.45) is 21.9 Å². The van der Waals surface area contributed by atoms with Crippen LogP contribution in [0.4, 0.5) is 10.6 Å². The molecule has 1 fully saturated rings. The molecule has 1 aliphatic rings. The number of esters is 4. The lowest BCUT2D eigenvalue weighted by molar-refractivity contribution is -0.174. The van der Waals surface area contributed by atoms with Gasteiger partial charge in [-0.05, 0) is 54.4 Å². The quantitative estimate of drug-likeness (QED) is 0.123. The van der Waals surface area contributed by atoms with Crippen molar-refractivity contribution in [1.29, 1.82) is 0 Å². The summed E-state index contributed by atoms with van der Waals surface area (Å²) >= 11 is 0. The Morgan fingerprint density at radius 3 is 2.14 bits per heavy atom. The van der Waals surface area contributed by atoms with Gasteiger partial charge in [-0.3, -0.25) is 23.9 Å². The van der Waals surface area contributed by atoms with Gasteiger partial charge in [0.25, 0.3) is 0 Å². The zero-order valence-electron chi connectivity index (χ0n) is 28.9. The largest absolute Gasteiger partial charge is 0.428 e. The van der Waals surface area contributed by atoms with Crippen LogP contribution in [0.1, 0.15) is 66.8 Å². The van der Waals surface area contributed by atoms with Gasteiger partial charge in [0.05, 0.1) is 35.9 Å². The number of anilines is 1. The Bertz CT molecular complexity index is 1700. The van der Waals surface area contributed by atoms with E-state index in [1.807, 2.05) is 0 Å². The third-order valence-corrected chi connectivity index (χ3v) is 7.88. The fourth-order valence-electron chi connectivity index (χ4n) is 4.62. The highest BCUT2D eigenvalue weighted by Crippen LogP contribution is 2.37. The Hall–Kier alpha value is -4.51. The first kappa shape index (κ1) is 40.9. The maximum atomic E-state index is 13.1. The summed E-state index contributed by atoms with van der Waals surface area (Å²) in [7, 11) is -4.29. The maximum absolute atomic E-state index is 13.1. The fraction of sp³-hybridized carbons (Fsp3) is 0.655. The summed E-state index contributed by atoms with van der Waals surface area (Å²) in [6, 6.07) is -3.31. The van der Waals surface area contributed by atoms with E-state index in [2.05, 4.69) is 29.8 Å². The van der Waals surface area contributed by atoms with Crippen LogP contribution in [0.15, 0.2) is 12.7 Å². The Kier molecular flexibility index (Phi) is 13.4. The number of fused-ring (bicyclic) bond motifs is 1. The Morgan fingerprint density at radius 2 is 1.55 bits per heavy atom. The van der Waals surface area contributed by atoms with Gasteiger partial charge < -0.3 is 39.0 Å². The lowest BCUT2D eigenvalue weighted by atomic mass is 9.97. The predicted octanol–water partition coefficient (Wildman–Crippen LogP) is -0.220. The molecule has 284 valence electrons. The molecule has 0 spiro atoms. The Morgan fingerprint density at radius 1 is 0.941 bits per heavy atom. The second kappa shape index (κ2) is 16.7. The standard InChI is InChI=1S/C29H43N7O14S/c1-28(2,3)25(41)48-13-46-18(37)8-7-16(24(40)47-14-49-26(42)29(4,5)6)34-27(43)35-22-19-23(32-11-31-22)36(12-33-19)17-9-15(20(38)21(17)39)10-50-51(30,44)45/h11-12,15-17,20-21,38-39H,7-10,13-14H2,1-6H3,(H2,30,44,45)(H2,31,32,34,35,43)/t15-,16+,17-,20-,21+/m1/s1. The number of imidazole rings is 1. The monoisotopic (exact) mass is 745 g/mol. The smallest absolute Gasteiger partial charge is 0.333 e. The van der Waals surface area contributed by atoms with Crippen molar-refractivity contribution < 1.29 is 65.7 Å². The van der Waals surface area contributed by atoms with Crippen molar-refractivity contribution in [2.75, 3.05) is 25.5 Å². The molecular weight excluding hydrogens is 702 g/mol. The third kappa shape index (κ3) is 11.8. The van der Waals surface area contributed by atoms with Crippen LogP contribution in [0.2, 0.25) is 0 Å². The lowest BCUT2D eigenvalue weighted by Crippen LogP contribution is -2.44. The number of nitrogens with one attached hydrogen (secondary N) is 2. The fourth-order valence-corrected chi connectivity index (χ4v) is 4.98. The van der Waals surface area contributed by atoms with Gasteiger partial charge in [-0.25, -0.2) is 29.7 Å². The summed E-state index contributed by atoms with van der Waals surface area (Å²) in [6.07, 6.45) is -1.13. The molecule has 51 heavy (non-hydrogen) atoms. The molecule has 2 heterocycles. The van der Waals surface area contributed by atoms with Crippen molar-refractivity contribution in [3.8, 4) is 0 Å². The summed E-state index contributed by atoms with van der Waals surface area (Å²) < 4.78 is 48.2. The number of hydrogen-bond donors (Lipinski definition) is 5. The average molecular weight is 746 g/mol. The van der Waals surface area contributed by atoms with Crippen LogP contribution in [0.5, 0.6) is 0 Å². The molecule has 0 bridgehead atoms. The predicted molar refractivity (Wildman–Crippen MR) is 172 cm³/mol. The average Bonchev–Trinajstić information content (AvgIpc) is 3.57. The highest BCUT2D eigenvalue weighted by molar-refractivity contribution is 7.84. The number of carbonyl (C=O) groups is 5. The number of aromatic nitrogens is 4. The van der Waals surface area contributed by atoms with Crippen LogP contribution < -0.4 is 15.8 Å². The van der Waals surface area contributed by atoms with Crippen LogP contribution in [-0.4, -0.2) is 107 Å². The molecule has 2 amide bonds. The molecule has 1 aliphatic carbocycles. The van der Waals surface area contributed by atoms with E-state index in [9.17, 15) is 42.6 Å². The van der Waals surface area contributed by atoms with E-state index in [-0.39, 0.29) is 29.8 Å². The normalized spacial score (nSPS) is 19.9. The van der Waals surface area contributed by atoms with Gasteiger partial charge in [0.2, 0.25) is 13.6 Å². The van der Waals surface area contributed by atoms with Crippen molar-refractivity contribution >= 4 is 57.2 Å². The topological polar surface area (TPSA) is 300 Å². The second-order valence-electron chi connectivity index (χ2n) is 13.6. The number of rotatable bonds is 14. The van der Waals surface area contributed by atoms with E-state index in [1.54, 1.807) is 41.5 Å². The molecule has 21 nitrogen and oxygen atoms in total. The minimum Gasteiger partial charge on any atom is -0.428 e. The summed E-state index contributed by atoms with van der Waals surface area (Å²) in [4.78, 5) is 74.7. The summed E-state index contributed by atoms with van der Waals surface area (Å²) in [5, 5.41) is 30.8. The molecule has 0 unspecified atom stereocenters. The van der Waals surface area contributed by atoms with Gasteiger partial charge in [-0.1, -0.05) is 0 Å². The molecule has 1 saturated carbocycles. The SMILES string of the molecule is CC(C)(C)C(=O)OCOC(=O)CC[C@H](NC(=O)Nc1ncnc2c1ncn2[C@@H]1C[C@H](COS(N)(=O)=O)[C@@H](O)[C@H]1O)C(=O)OCOC(=O)C(C)(C)C. The number of ether oxygens (including phenoxy) is 4. The molecule has 0 aromatic carbocycles. The van der Waals surface area contributed by atoms with Gasteiger partial charge in [-0.15, -0.1) is 0 Å². The number of amides is 2. The molecule has 0 saturated heterocycles. The van der Waals surface area contributed by atoms with E-state index >= 15 is 0 Å². The molecular formula is C29H43N7O14S. The minimum absolute atomic E-state index is 0.0418. The van der Waals surface area contributed by atoms with Gasteiger partial charge in [-0.2, -0.15) is 8.42 Å². The number of nitrogens with two attached hydrogens (primary N) is 1. The van der Waals surface area contributed by atoms with E-state index in [1.165, 1.54) is 10.9 Å². The summed E-state index contributed by atoms with van der Waals surface area (Å²) in [6.45, 7) is 7.68. The number of nitrogens with zero attached hydrogens (tertiary/aromatic N) is 4. The van der Waals surface area contributed by atoms with E-state index in [0.29, 0.717) is 0 Å². The van der Waals surface area contributed by atoms with Crippen molar-refractivity contribution in [3.63, 3.8) is 0 Å². The number of carbonyl (C=O) groups excluding carboxylic acids is 5. The molecule has 22 heteroatoms. The highest BCUT2D eigenvalue weighted by atomic mass is 32.2. The Labute approximate surface area is 292 Å². The van der Waals surface area contributed by atoms with Crippen LogP contribution in [0.25, 0.3) is 11.2 Å². The zero-order valence-corrected chi connectivity index (χ0v) is 29.7. The minimum atomic E-state index is -4.29. The van der Waals surface area contributed by atoms with E-state index in [0.717, 1.165) is 6.33 Å². The highest BCUT2D eigenvalue weighted by Gasteiger charge is 2.43. The van der Waals surface area contributed by atoms with Gasteiger partial charge >= 0.3 is 40.2 Å². The van der Waals surface area contributed by atoms with Gasteiger partial charge in [0.15, 0.2) is 17.0 Å². The number of hydrogen-bond acceptors (Lipinski definition) is 17. The third-order valence-electron chi connectivity index (χ3n) is 7.42. The molecule has 2 aromatic heterocycles. The molecule has 6 N–H and O–H groups in total. The van der Waals surface area contributed by atoms with Crippen molar-refractivity contribution in [1.82, 2.24) is 24.8 Å². The Balaban J connectivity index is 1.70. The molecule has 5 atom stereocenters. The molecule has 3 rings (SSSR count). The summed E-state index contributed by atoms with van der Waals surface area (Å²) in [5.74, 6) is -4.15. The molecule has 0 radical (unpaired) electrons. The first-order valence-electron chi connectivity index (χ1n) is 15.5. The van der Waals surface area contributed by atoms with Crippen LogP contribution in [0, 0.1) is 16.7 Å². The van der Waals surface area contributed by atoms with Gasteiger partial charge in [0.1, 0.15) is 18.5 Å². The molecule has 2 aromatic rings. The van der Waals surface area contributed by atoms with Crippen LogP contribution in [0.3, 0.4) is 0 Å². The number of aliphatic hydroxyl groups excluding tert-OH is 2. The van der Waals surface area contributed by atoms with Crippen LogP contribution >= 0.6 is 0 Å². The second-order valence-corrected chi connectivity index (χ2v) is 14.9. The molecule has 0 aliphatic heterocycles. The number of aliphatic hydroxyl groups is 2. The first-order valence-corrected chi connectivity index (χ1v) is 17.0. The van der Waals surface area contributed by atoms with Crippen molar-refractivity contribution in [2.45, 2.75) is 85.1 Å². The van der Waals surface area contributed by atoms with Crippen molar-refractivity contribution in [3.05, 3.63) is 12.7 Å². The van der Waals surface area contributed by atoms with Crippen LogP contribution in [-0.2, 0) is 52.6 Å².